The molecular weight excluding hydrogens is 386 g/mol. The van der Waals surface area contributed by atoms with Crippen molar-refractivity contribution in [2.75, 3.05) is 12.9 Å². The third-order valence-corrected chi connectivity index (χ3v) is 6.05. The number of benzene rings is 2. The number of hydrogen-bond donors (Lipinski definition) is 0. The molecule has 0 radical (unpaired) electrons. The quantitative estimate of drug-likeness (QED) is 0.375. The lowest BCUT2D eigenvalue weighted by Crippen LogP contribution is -1.93. The van der Waals surface area contributed by atoms with E-state index >= 15 is 0 Å². The summed E-state index contributed by atoms with van der Waals surface area (Å²) in [6.45, 7) is 2.02. The molecule has 0 amide bonds. The molecule has 0 atom stereocenters. The molecular formula is C22H19N3OS2. The topological polar surface area (TPSA) is 47.9 Å². The van der Waals surface area contributed by atoms with Crippen LogP contribution in [-0.4, -0.2) is 28.0 Å². The molecule has 4 aromatic rings. The van der Waals surface area contributed by atoms with Gasteiger partial charge < -0.3 is 4.74 Å². The smallest absolute Gasteiger partial charge is 0.146 e. The van der Waals surface area contributed by atoms with Crippen molar-refractivity contribution in [3.63, 3.8) is 0 Å². The summed E-state index contributed by atoms with van der Waals surface area (Å²) >= 11 is 3.30. The Kier molecular flexibility index (Phi) is 5.69. The summed E-state index contributed by atoms with van der Waals surface area (Å²) in [4.78, 5) is 4.72. The zero-order chi connectivity index (χ0) is 19.3. The van der Waals surface area contributed by atoms with Crippen LogP contribution >= 0.6 is 23.1 Å². The van der Waals surface area contributed by atoms with Crippen molar-refractivity contribution in [3.05, 3.63) is 71.2 Å². The van der Waals surface area contributed by atoms with Gasteiger partial charge in [0.15, 0.2) is 0 Å². The Labute approximate surface area is 172 Å². The van der Waals surface area contributed by atoms with Crippen molar-refractivity contribution >= 4 is 39.4 Å². The van der Waals surface area contributed by atoms with Crippen molar-refractivity contribution in [1.29, 1.82) is 0 Å². The number of rotatable bonds is 6. The molecule has 0 unspecified atom stereocenters. The van der Waals surface area contributed by atoms with Crippen LogP contribution in [0.3, 0.4) is 0 Å². The molecule has 0 aliphatic heterocycles. The molecule has 0 aliphatic rings. The van der Waals surface area contributed by atoms with Crippen LogP contribution in [0.15, 0.2) is 65.7 Å². The zero-order valence-electron chi connectivity index (χ0n) is 15.6. The largest absolute Gasteiger partial charge is 0.497 e. The van der Waals surface area contributed by atoms with Gasteiger partial charge in [-0.25, -0.2) is 4.98 Å². The van der Waals surface area contributed by atoms with Crippen LogP contribution in [0.25, 0.3) is 27.6 Å². The second-order valence-electron chi connectivity index (χ2n) is 6.12. The second kappa shape index (κ2) is 8.54. The van der Waals surface area contributed by atoms with E-state index in [4.69, 9.17) is 9.72 Å². The number of nitrogens with zero attached hydrogens (tertiary/aromatic N) is 3. The van der Waals surface area contributed by atoms with E-state index in [2.05, 4.69) is 34.5 Å². The van der Waals surface area contributed by atoms with Crippen LogP contribution < -0.4 is 4.74 Å². The molecule has 0 saturated heterocycles. The van der Waals surface area contributed by atoms with Crippen LogP contribution in [0, 0.1) is 6.92 Å². The maximum absolute atomic E-state index is 5.35. The highest BCUT2D eigenvalue weighted by Gasteiger charge is 2.16. The molecule has 2 aromatic carbocycles. The third-order valence-electron chi connectivity index (χ3n) is 4.16. The second-order valence-corrected chi connectivity index (χ2v) is 8.33. The van der Waals surface area contributed by atoms with Crippen LogP contribution in [-0.2, 0) is 0 Å². The van der Waals surface area contributed by atoms with Gasteiger partial charge in [0.05, 0.1) is 16.8 Å². The Morgan fingerprint density at radius 1 is 1.07 bits per heavy atom. The van der Waals surface area contributed by atoms with Crippen molar-refractivity contribution in [1.82, 2.24) is 15.2 Å². The number of aryl methyl sites for hydroxylation is 1. The Balaban J connectivity index is 1.61. The number of fused-ring (bicyclic) bond motifs is 1. The van der Waals surface area contributed by atoms with Gasteiger partial charge in [-0.1, -0.05) is 66.4 Å². The van der Waals surface area contributed by atoms with Gasteiger partial charge in [-0.3, -0.25) is 0 Å². The van der Waals surface area contributed by atoms with E-state index in [9.17, 15) is 0 Å². The summed E-state index contributed by atoms with van der Waals surface area (Å²) < 4.78 is 6.41. The van der Waals surface area contributed by atoms with Gasteiger partial charge in [0.2, 0.25) is 0 Å². The summed E-state index contributed by atoms with van der Waals surface area (Å²) in [6, 6.07) is 18.2. The maximum atomic E-state index is 5.35. The van der Waals surface area contributed by atoms with Gasteiger partial charge >= 0.3 is 0 Å². The van der Waals surface area contributed by atoms with Crippen molar-refractivity contribution in [2.45, 2.75) is 11.9 Å². The van der Waals surface area contributed by atoms with Crippen molar-refractivity contribution < 1.29 is 4.74 Å². The molecule has 0 saturated carbocycles. The van der Waals surface area contributed by atoms with Crippen LogP contribution in [0.4, 0.5) is 0 Å². The van der Waals surface area contributed by atoms with E-state index in [0.29, 0.717) is 0 Å². The first-order valence-corrected chi connectivity index (χ1v) is 10.7. The number of aromatic nitrogens is 3. The average Bonchev–Trinajstić information content (AvgIpc) is 3.13. The third kappa shape index (κ3) is 4.08. The number of thiazole rings is 1. The first-order valence-electron chi connectivity index (χ1n) is 8.87. The highest BCUT2D eigenvalue weighted by atomic mass is 32.2. The first kappa shape index (κ1) is 18.7. The number of thioether (sulfide) groups is 1. The molecule has 6 heteroatoms. The van der Waals surface area contributed by atoms with Gasteiger partial charge in [-0.2, -0.15) is 0 Å². The standard InChI is InChI=1S/C22H19N3OS2/c1-15-23-20-21(28-15)19(17-11-6-12-18(14-17)26-2)24-25-22(20)27-13-7-10-16-8-4-3-5-9-16/h3-12,14H,13H2,1-2H3/b10-7+. The van der Waals surface area contributed by atoms with Crippen molar-refractivity contribution in [2.24, 2.45) is 0 Å². The van der Waals surface area contributed by atoms with E-state index in [1.54, 1.807) is 30.2 Å². The predicted octanol–water partition coefficient (Wildman–Crippen LogP) is 5.88. The Morgan fingerprint density at radius 3 is 2.75 bits per heavy atom. The van der Waals surface area contributed by atoms with Gasteiger partial charge in [-0.05, 0) is 24.6 Å². The average molecular weight is 406 g/mol. The van der Waals surface area contributed by atoms with Gasteiger partial charge in [0, 0.05) is 11.3 Å². The Morgan fingerprint density at radius 2 is 1.93 bits per heavy atom. The minimum atomic E-state index is 0.804. The fraction of sp³-hybridized carbons (Fsp3) is 0.136. The lowest BCUT2D eigenvalue weighted by molar-refractivity contribution is 0.415. The van der Waals surface area contributed by atoms with E-state index in [-0.39, 0.29) is 0 Å². The molecule has 140 valence electrons. The summed E-state index contributed by atoms with van der Waals surface area (Å²) in [7, 11) is 1.67. The van der Waals surface area contributed by atoms with Crippen LogP contribution in [0.1, 0.15) is 10.6 Å². The Hall–Kier alpha value is -2.70. The van der Waals surface area contributed by atoms with Gasteiger partial charge in [0.1, 0.15) is 22.0 Å². The van der Waals surface area contributed by atoms with E-state index in [1.807, 2.05) is 49.4 Å². The van der Waals surface area contributed by atoms with Gasteiger partial charge in [-0.15, -0.1) is 21.5 Å². The van der Waals surface area contributed by atoms with Crippen molar-refractivity contribution in [3.8, 4) is 17.0 Å². The number of ether oxygens (including phenoxy) is 1. The first-order chi connectivity index (χ1) is 13.7. The summed E-state index contributed by atoms with van der Waals surface area (Å²) in [6.07, 6.45) is 4.26. The molecule has 0 bridgehead atoms. The number of methoxy groups -OCH3 is 1. The summed E-state index contributed by atoms with van der Waals surface area (Å²) in [5.41, 5.74) is 3.95. The lowest BCUT2D eigenvalue weighted by atomic mass is 10.1. The van der Waals surface area contributed by atoms with Crippen LogP contribution in [0.5, 0.6) is 5.75 Å². The molecule has 28 heavy (non-hydrogen) atoms. The maximum Gasteiger partial charge on any atom is 0.146 e. The minimum absolute atomic E-state index is 0.804. The monoisotopic (exact) mass is 405 g/mol. The molecule has 4 nitrogen and oxygen atoms in total. The fourth-order valence-electron chi connectivity index (χ4n) is 2.85. The van der Waals surface area contributed by atoms with Gasteiger partial charge in [0.25, 0.3) is 0 Å². The van der Waals surface area contributed by atoms with E-state index < -0.39 is 0 Å². The molecule has 4 rings (SSSR count). The lowest BCUT2D eigenvalue weighted by Gasteiger charge is -2.06. The minimum Gasteiger partial charge on any atom is -0.497 e. The SMILES string of the molecule is COc1cccc(-c2nnc(SC/C=C/c3ccccc3)c3nc(C)sc23)c1. The molecule has 0 aliphatic carbocycles. The molecule has 0 fully saturated rings. The molecule has 0 spiro atoms. The number of hydrogen-bond acceptors (Lipinski definition) is 6. The fourth-order valence-corrected chi connectivity index (χ4v) is 4.58. The highest BCUT2D eigenvalue weighted by molar-refractivity contribution is 7.99. The molecule has 0 N–H and O–H groups in total. The highest BCUT2D eigenvalue weighted by Crippen LogP contribution is 2.36. The predicted molar refractivity (Wildman–Crippen MR) is 118 cm³/mol. The summed E-state index contributed by atoms with van der Waals surface area (Å²) in [5.74, 6) is 1.62. The zero-order valence-corrected chi connectivity index (χ0v) is 17.3. The molecule has 2 heterocycles. The van der Waals surface area contributed by atoms with E-state index in [0.717, 1.165) is 43.0 Å². The van der Waals surface area contributed by atoms with E-state index in [1.165, 1.54) is 5.56 Å². The normalized spacial score (nSPS) is 11.4. The summed E-state index contributed by atoms with van der Waals surface area (Å²) in [5, 5.41) is 10.9. The Bertz CT molecular complexity index is 1120. The van der Waals surface area contributed by atoms with Crippen LogP contribution in [0.2, 0.25) is 0 Å². The molecule has 2 aromatic heterocycles.